The van der Waals surface area contributed by atoms with Crippen molar-refractivity contribution in [3.05, 3.63) is 206 Å². The first-order chi connectivity index (χ1) is 27.7. The van der Waals surface area contributed by atoms with Crippen LogP contribution in [0.3, 0.4) is 0 Å². The topological polar surface area (TPSA) is 29.3 Å². The van der Waals surface area contributed by atoms with Crippen LogP contribution in [0.2, 0.25) is 0 Å². The van der Waals surface area contributed by atoms with Crippen LogP contribution in [-0.2, 0) is 0 Å². The van der Waals surface area contributed by atoms with Gasteiger partial charge in [-0.25, -0.2) is 4.98 Å². The van der Waals surface area contributed by atoms with Gasteiger partial charge in [-0.2, -0.15) is 0 Å². The molecule has 0 saturated carbocycles. The highest BCUT2D eigenvalue weighted by Crippen LogP contribution is 2.46. The number of benzene rings is 10. The molecular weight excluding hydrogens is 681 g/mol. The van der Waals surface area contributed by atoms with Crippen molar-refractivity contribution >= 4 is 71.3 Å². The number of fused-ring (bicyclic) bond motifs is 8. The summed E-state index contributed by atoms with van der Waals surface area (Å²) >= 11 is 0. The molecule has 0 N–H and O–H groups in total. The summed E-state index contributed by atoms with van der Waals surface area (Å²) < 4.78 is 6.71. The Morgan fingerprint density at radius 2 is 0.911 bits per heavy atom. The second-order valence-electron chi connectivity index (χ2n) is 14.4. The molecule has 11 rings (SSSR count). The van der Waals surface area contributed by atoms with Crippen LogP contribution in [0.5, 0.6) is 0 Å². The van der Waals surface area contributed by atoms with Crippen LogP contribution in [0.4, 0.5) is 17.1 Å². The van der Waals surface area contributed by atoms with Crippen LogP contribution in [0, 0.1) is 0 Å². The summed E-state index contributed by atoms with van der Waals surface area (Å²) in [5, 5.41) is 9.27. The molecule has 56 heavy (non-hydrogen) atoms. The van der Waals surface area contributed by atoms with Gasteiger partial charge in [0.2, 0.25) is 5.89 Å². The molecule has 0 bridgehead atoms. The second kappa shape index (κ2) is 13.1. The van der Waals surface area contributed by atoms with Crippen molar-refractivity contribution in [2.24, 2.45) is 0 Å². The Balaban J connectivity index is 1.15. The maximum atomic E-state index is 6.71. The average molecular weight is 715 g/mol. The van der Waals surface area contributed by atoms with E-state index in [1.54, 1.807) is 0 Å². The second-order valence-corrected chi connectivity index (χ2v) is 14.4. The summed E-state index contributed by atoms with van der Waals surface area (Å²) in [7, 11) is 0. The van der Waals surface area contributed by atoms with Crippen molar-refractivity contribution in [1.82, 2.24) is 4.98 Å². The Hall–Kier alpha value is -7.49. The zero-order valence-corrected chi connectivity index (χ0v) is 30.4. The fraction of sp³-hybridized carbons (Fsp3) is 0. The van der Waals surface area contributed by atoms with Crippen molar-refractivity contribution in [2.45, 2.75) is 0 Å². The van der Waals surface area contributed by atoms with E-state index in [-0.39, 0.29) is 0 Å². The molecule has 0 aliphatic rings. The highest BCUT2D eigenvalue weighted by molar-refractivity contribution is 6.29. The third kappa shape index (κ3) is 5.40. The molecule has 0 radical (unpaired) electrons. The lowest BCUT2D eigenvalue weighted by Crippen LogP contribution is -2.10. The first-order valence-corrected chi connectivity index (χ1v) is 19.0. The summed E-state index contributed by atoms with van der Waals surface area (Å²) in [5.41, 5.74) is 10.6. The smallest absolute Gasteiger partial charge is 0.227 e. The number of rotatable bonds is 6. The van der Waals surface area contributed by atoms with Crippen molar-refractivity contribution in [1.29, 1.82) is 0 Å². The average Bonchev–Trinajstić information content (AvgIpc) is 3.72. The third-order valence-corrected chi connectivity index (χ3v) is 11.0. The summed E-state index contributed by atoms with van der Waals surface area (Å²) in [4.78, 5) is 7.38. The van der Waals surface area contributed by atoms with E-state index in [1.165, 1.54) is 38.4 Å². The molecule has 0 saturated heterocycles. The highest BCUT2D eigenvalue weighted by Gasteiger charge is 2.21. The number of hydrogen-bond donors (Lipinski definition) is 0. The molecule has 1 heterocycles. The number of oxazole rings is 1. The molecule has 3 nitrogen and oxygen atoms in total. The Labute approximate surface area is 324 Å². The first kappa shape index (κ1) is 32.0. The van der Waals surface area contributed by atoms with Gasteiger partial charge in [-0.05, 0) is 104 Å². The molecule has 0 amide bonds. The van der Waals surface area contributed by atoms with Crippen LogP contribution in [-0.4, -0.2) is 4.98 Å². The van der Waals surface area contributed by atoms with Crippen LogP contribution in [0.15, 0.2) is 211 Å². The van der Waals surface area contributed by atoms with E-state index >= 15 is 0 Å². The molecule has 0 fully saturated rings. The van der Waals surface area contributed by atoms with E-state index in [9.17, 15) is 0 Å². The number of aromatic nitrogens is 1. The highest BCUT2D eigenvalue weighted by atomic mass is 16.3. The van der Waals surface area contributed by atoms with Gasteiger partial charge in [-0.3, -0.25) is 0 Å². The molecule has 0 atom stereocenters. The standard InChI is InChI=1S/C53H34N2O/c1-3-11-35(12-4-1)37-21-27-44(28-22-37)55(45-29-23-38(24-30-45)42-20-19-36-13-7-8-16-41(36)33-42)49-34-43-17-9-10-18-46(43)51-47(49)31-25-39-26-32-48-52(50(39)51)56-53(54-48)40-14-5-2-6-15-40/h1-34H. The van der Waals surface area contributed by atoms with Crippen LogP contribution < -0.4 is 4.90 Å². The van der Waals surface area contributed by atoms with Gasteiger partial charge < -0.3 is 9.32 Å². The summed E-state index contributed by atoms with van der Waals surface area (Å²) in [6.07, 6.45) is 0. The normalized spacial score (nSPS) is 11.6. The van der Waals surface area contributed by atoms with E-state index in [4.69, 9.17) is 9.40 Å². The van der Waals surface area contributed by atoms with Crippen LogP contribution in [0.1, 0.15) is 0 Å². The van der Waals surface area contributed by atoms with Gasteiger partial charge >= 0.3 is 0 Å². The molecule has 3 heteroatoms. The third-order valence-electron chi connectivity index (χ3n) is 11.0. The zero-order chi connectivity index (χ0) is 37.0. The van der Waals surface area contributed by atoms with Crippen molar-refractivity contribution in [3.8, 4) is 33.7 Å². The lowest BCUT2D eigenvalue weighted by atomic mass is 9.93. The van der Waals surface area contributed by atoms with E-state index in [0.717, 1.165) is 60.7 Å². The van der Waals surface area contributed by atoms with Crippen molar-refractivity contribution in [3.63, 3.8) is 0 Å². The van der Waals surface area contributed by atoms with Gasteiger partial charge in [0.15, 0.2) is 5.58 Å². The fourth-order valence-electron chi connectivity index (χ4n) is 8.29. The Bertz CT molecular complexity index is 3220. The number of anilines is 3. The van der Waals surface area contributed by atoms with Gasteiger partial charge in [0.25, 0.3) is 0 Å². The summed E-state index contributed by atoms with van der Waals surface area (Å²) in [6.45, 7) is 0. The number of hydrogen-bond acceptors (Lipinski definition) is 3. The summed E-state index contributed by atoms with van der Waals surface area (Å²) in [6, 6.07) is 73.6. The lowest BCUT2D eigenvalue weighted by molar-refractivity contribution is 0.623. The SMILES string of the molecule is c1ccc(-c2ccc(N(c3ccc(-c4ccc5ccccc5c4)cc3)c3cc4ccccc4c4c3ccc3ccc5nc(-c6ccccc6)oc5c34)cc2)cc1. The van der Waals surface area contributed by atoms with Gasteiger partial charge in [-0.15, -0.1) is 0 Å². The molecule has 0 aliphatic carbocycles. The molecule has 0 spiro atoms. The zero-order valence-electron chi connectivity index (χ0n) is 30.4. The predicted molar refractivity (Wildman–Crippen MR) is 235 cm³/mol. The monoisotopic (exact) mass is 714 g/mol. The van der Waals surface area contributed by atoms with E-state index < -0.39 is 0 Å². The molecule has 262 valence electrons. The first-order valence-electron chi connectivity index (χ1n) is 19.0. The summed E-state index contributed by atoms with van der Waals surface area (Å²) in [5.74, 6) is 0.622. The molecular formula is C53H34N2O. The Morgan fingerprint density at radius 1 is 0.357 bits per heavy atom. The minimum absolute atomic E-state index is 0.622. The maximum absolute atomic E-state index is 6.71. The van der Waals surface area contributed by atoms with Gasteiger partial charge in [0, 0.05) is 33.1 Å². The maximum Gasteiger partial charge on any atom is 0.227 e. The predicted octanol–water partition coefficient (Wildman–Crippen LogP) is 14.9. The number of nitrogens with zero attached hydrogens (tertiary/aromatic N) is 2. The lowest BCUT2D eigenvalue weighted by Gasteiger charge is -2.28. The van der Waals surface area contributed by atoms with Gasteiger partial charge in [-0.1, -0.05) is 152 Å². The van der Waals surface area contributed by atoms with Gasteiger partial charge in [0.1, 0.15) is 5.52 Å². The molecule has 0 unspecified atom stereocenters. The van der Waals surface area contributed by atoms with E-state index in [0.29, 0.717) is 5.89 Å². The fourth-order valence-corrected chi connectivity index (χ4v) is 8.29. The van der Waals surface area contributed by atoms with E-state index in [2.05, 4.69) is 181 Å². The van der Waals surface area contributed by atoms with Gasteiger partial charge in [0.05, 0.1) is 5.69 Å². The Morgan fingerprint density at radius 3 is 1.64 bits per heavy atom. The molecule has 0 aliphatic heterocycles. The molecule has 11 aromatic rings. The minimum Gasteiger partial charge on any atom is -0.435 e. The molecule has 1 aromatic heterocycles. The quantitative estimate of drug-likeness (QED) is 0.161. The largest absolute Gasteiger partial charge is 0.435 e. The van der Waals surface area contributed by atoms with Crippen LogP contribution >= 0.6 is 0 Å². The Kier molecular flexibility index (Phi) is 7.49. The van der Waals surface area contributed by atoms with E-state index in [1.807, 2.05) is 30.3 Å². The van der Waals surface area contributed by atoms with Crippen molar-refractivity contribution < 1.29 is 4.42 Å². The van der Waals surface area contributed by atoms with Crippen molar-refractivity contribution in [2.75, 3.05) is 4.90 Å². The minimum atomic E-state index is 0.622. The van der Waals surface area contributed by atoms with Crippen LogP contribution in [0.25, 0.3) is 87.9 Å². The molecule has 10 aromatic carbocycles.